The Morgan fingerprint density at radius 1 is 1.20 bits per heavy atom. The average molecular weight is 365 g/mol. The van der Waals surface area contributed by atoms with Crippen LogP contribution in [0.3, 0.4) is 0 Å². The Balaban J connectivity index is 1.82. The zero-order chi connectivity index (χ0) is 18.2. The molecule has 2 aromatic rings. The average Bonchev–Trinajstić information content (AvgIpc) is 3.24. The van der Waals surface area contributed by atoms with Gasteiger partial charge in [-0.2, -0.15) is 0 Å². The molecule has 25 heavy (non-hydrogen) atoms. The molecule has 2 heterocycles. The summed E-state index contributed by atoms with van der Waals surface area (Å²) in [5.41, 5.74) is 0. The Morgan fingerprint density at radius 2 is 2.00 bits per heavy atom. The number of ether oxygens (including phenoxy) is 1. The Morgan fingerprint density at radius 3 is 2.68 bits per heavy atom. The summed E-state index contributed by atoms with van der Waals surface area (Å²) in [4.78, 5) is 46.5. The molecule has 132 valence electrons. The van der Waals surface area contributed by atoms with Crippen molar-refractivity contribution in [3.8, 4) is 0 Å². The quantitative estimate of drug-likeness (QED) is 0.667. The monoisotopic (exact) mass is 365 g/mol. The number of thiophene rings is 1. The van der Waals surface area contributed by atoms with Crippen LogP contribution in [0.5, 0.6) is 0 Å². The van der Waals surface area contributed by atoms with E-state index in [1.807, 2.05) is 5.32 Å². The van der Waals surface area contributed by atoms with Crippen LogP contribution in [0.4, 0.5) is 9.80 Å². The van der Waals surface area contributed by atoms with Crippen LogP contribution in [-0.2, 0) is 9.53 Å². The van der Waals surface area contributed by atoms with Gasteiger partial charge in [-0.15, -0.1) is 11.3 Å². The first-order valence-electron chi connectivity index (χ1n) is 7.19. The van der Waals surface area contributed by atoms with Crippen molar-refractivity contribution in [3.63, 3.8) is 0 Å². The largest absolute Gasteiger partial charge is 0.459 e. The van der Waals surface area contributed by atoms with Crippen molar-refractivity contribution >= 4 is 40.2 Å². The molecule has 0 fully saturated rings. The summed E-state index contributed by atoms with van der Waals surface area (Å²) in [6, 6.07) is 5.40. The van der Waals surface area contributed by atoms with Gasteiger partial charge in [0.1, 0.15) is 4.88 Å². The second kappa shape index (κ2) is 8.64. The molecule has 4 amide bonds. The molecule has 2 rings (SSSR count). The van der Waals surface area contributed by atoms with Crippen LogP contribution in [-0.4, -0.2) is 37.0 Å². The summed E-state index contributed by atoms with van der Waals surface area (Å²) in [7, 11) is 0. The van der Waals surface area contributed by atoms with Crippen molar-refractivity contribution in [2.75, 3.05) is 18.5 Å². The van der Waals surface area contributed by atoms with Crippen molar-refractivity contribution in [3.05, 3.63) is 41.2 Å². The molecule has 9 nitrogen and oxygen atoms in total. The van der Waals surface area contributed by atoms with Gasteiger partial charge in [-0.25, -0.2) is 9.59 Å². The molecule has 0 aliphatic carbocycles. The first-order valence-corrected chi connectivity index (χ1v) is 8.00. The number of furan rings is 1. The molecule has 0 unspecified atom stereocenters. The molecule has 0 saturated heterocycles. The van der Waals surface area contributed by atoms with Gasteiger partial charge in [0, 0.05) is 6.54 Å². The minimum absolute atomic E-state index is 0.138. The smallest absolute Gasteiger partial charge is 0.348 e. The lowest BCUT2D eigenvalue weighted by atomic mass is 10.4. The van der Waals surface area contributed by atoms with Crippen LogP contribution < -0.4 is 16.0 Å². The fourth-order valence-corrected chi connectivity index (χ4v) is 2.46. The van der Waals surface area contributed by atoms with Crippen LogP contribution in [0.1, 0.15) is 27.2 Å². The number of imide groups is 1. The summed E-state index contributed by atoms with van der Waals surface area (Å²) >= 11 is 0.981. The number of rotatable bonds is 6. The topological polar surface area (TPSA) is 127 Å². The molecule has 0 atom stereocenters. The molecule has 0 bridgehead atoms. The lowest BCUT2D eigenvalue weighted by molar-refractivity contribution is -0.123. The maximum Gasteiger partial charge on any atom is 0.348 e. The maximum absolute atomic E-state index is 11.9. The molecule has 0 saturated carbocycles. The number of hydrogen-bond acceptors (Lipinski definition) is 7. The van der Waals surface area contributed by atoms with Crippen LogP contribution in [0.2, 0.25) is 0 Å². The van der Waals surface area contributed by atoms with E-state index in [9.17, 15) is 19.2 Å². The van der Waals surface area contributed by atoms with Crippen molar-refractivity contribution in [2.45, 2.75) is 6.92 Å². The van der Waals surface area contributed by atoms with Crippen molar-refractivity contribution < 1.29 is 28.3 Å². The van der Waals surface area contributed by atoms with E-state index < -0.39 is 30.4 Å². The molecular weight excluding hydrogens is 350 g/mol. The minimum Gasteiger partial charge on any atom is -0.459 e. The number of anilines is 1. The number of urea groups is 1. The molecule has 0 radical (unpaired) electrons. The third-order valence-electron chi connectivity index (χ3n) is 2.71. The van der Waals surface area contributed by atoms with Crippen molar-refractivity contribution in [1.29, 1.82) is 0 Å². The van der Waals surface area contributed by atoms with E-state index in [2.05, 4.69) is 10.6 Å². The van der Waals surface area contributed by atoms with Crippen molar-refractivity contribution in [2.24, 2.45) is 0 Å². The summed E-state index contributed by atoms with van der Waals surface area (Å²) < 4.78 is 9.77. The summed E-state index contributed by atoms with van der Waals surface area (Å²) in [5.74, 6) is -1.80. The number of amides is 4. The van der Waals surface area contributed by atoms with Gasteiger partial charge in [-0.05, 0) is 31.2 Å². The molecule has 10 heteroatoms. The first kappa shape index (κ1) is 18.2. The molecule has 3 N–H and O–H groups in total. The number of esters is 1. The lowest BCUT2D eigenvalue weighted by Crippen LogP contribution is -2.41. The zero-order valence-electron chi connectivity index (χ0n) is 13.2. The fraction of sp³-hybridized carbons (Fsp3) is 0.200. The summed E-state index contributed by atoms with van der Waals surface area (Å²) in [6.07, 6.45) is 1.37. The number of carbonyl (C=O) groups is 4. The summed E-state index contributed by atoms with van der Waals surface area (Å²) in [6.45, 7) is 1.46. The molecule has 0 aliphatic rings. The number of carbonyl (C=O) groups excluding carboxylic acids is 4. The van der Waals surface area contributed by atoms with Crippen molar-refractivity contribution in [1.82, 2.24) is 10.6 Å². The highest BCUT2D eigenvalue weighted by Gasteiger charge is 2.16. The van der Waals surface area contributed by atoms with Crippen LogP contribution >= 0.6 is 11.3 Å². The zero-order valence-corrected chi connectivity index (χ0v) is 14.0. The second-order valence-electron chi connectivity index (χ2n) is 4.58. The van der Waals surface area contributed by atoms with Gasteiger partial charge in [0.05, 0.1) is 11.3 Å². The van der Waals surface area contributed by atoms with Gasteiger partial charge in [-0.3, -0.25) is 14.9 Å². The van der Waals surface area contributed by atoms with Crippen LogP contribution in [0, 0.1) is 0 Å². The standard InChI is InChI=1S/C15H15N3O6S/c1-2-16-15(22)17-11(19)8-24-14(21)10-5-6-12(25-10)18-13(20)9-4-3-7-23-9/h3-7H,2,8H2,1H3,(H,18,20)(H2,16,17,19,22). The Labute approximate surface area is 146 Å². The van der Waals surface area contributed by atoms with Gasteiger partial charge >= 0.3 is 12.0 Å². The molecule has 0 aromatic carbocycles. The van der Waals surface area contributed by atoms with E-state index in [1.165, 1.54) is 24.5 Å². The predicted molar refractivity (Wildman–Crippen MR) is 88.5 cm³/mol. The van der Waals surface area contributed by atoms with E-state index in [-0.39, 0.29) is 10.6 Å². The highest BCUT2D eigenvalue weighted by Crippen LogP contribution is 2.23. The van der Waals surface area contributed by atoms with E-state index in [4.69, 9.17) is 9.15 Å². The van der Waals surface area contributed by atoms with Gasteiger partial charge < -0.3 is 19.8 Å². The third kappa shape index (κ3) is 5.46. The second-order valence-corrected chi connectivity index (χ2v) is 5.66. The molecular formula is C15H15N3O6S. The van der Waals surface area contributed by atoms with E-state index in [1.54, 1.807) is 13.0 Å². The number of nitrogens with one attached hydrogen (secondary N) is 3. The van der Waals surface area contributed by atoms with Crippen LogP contribution in [0.15, 0.2) is 34.9 Å². The minimum atomic E-state index is -0.748. The van der Waals surface area contributed by atoms with E-state index in [0.29, 0.717) is 11.5 Å². The SMILES string of the molecule is CCNC(=O)NC(=O)COC(=O)c1ccc(NC(=O)c2ccco2)s1. The van der Waals surface area contributed by atoms with E-state index >= 15 is 0 Å². The Kier molecular flexibility index (Phi) is 6.29. The van der Waals surface area contributed by atoms with Gasteiger partial charge in [0.25, 0.3) is 11.8 Å². The van der Waals surface area contributed by atoms with Gasteiger partial charge in [0.2, 0.25) is 0 Å². The highest BCUT2D eigenvalue weighted by molar-refractivity contribution is 7.18. The Hall–Kier alpha value is -3.14. The molecule has 0 aliphatic heterocycles. The van der Waals surface area contributed by atoms with Gasteiger partial charge in [-0.1, -0.05) is 0 Å². The maximum atomic E-state index is 11.9. The number of hydrogen-bond donors (Lipinski definition) is 3. The van der Waals surface area contributed by atoms with E-state index in [0.717, 1.165) is 11.3 Å². The van der Waals surface area contributed by atoms with Gasteiger partial charge in [0.15, 0.2) is 12.4 Å². The predicted octanol–water partition coefficient (Wildman–Crippen LogP) is 1.60. The first-order chi connectivity index (χ1) is 12.0. The normalized spacial score (nSPS) is 9.96. The fourth-order valence-electron chi connectivity index (χ4n) is 1.67. The Bertz CT molecular complexity index is 768. The highest BCUT2D eigenvalue weighted by atomic mass is 32.1. The van der Waals surface area contributed by atoms with Crippen LogP contribution in [0.25, 0.3) is 0 Å². The lowest BCUT2D eigenvalue weighted by Gasteiger charge is -2.05. The summed E-state index contributed by atoms with van der Waals surface area (Å²) in [5, 5.41) is 7.36. The molecule has 2 aromatic heterocycles. The molecule has 0 spiro atoms. The third-order valence-corrected chi connectivity index (χ3v) is 3.69.